The number of nitrogens with zero attached hydrogens (tertiary/aromatic N) is 2. The quantitative estimate of drug-likeness (QED) is 0.867. The van der Waals surface area contributed by atoms with Gasteiger partial charge in [0, 0.05) is 24.0 Å². The molecule has 1 unspecified atom stereocenters. The van der Waals surface area contributed by atoms with Crippen LogP contribution in [0.5, 0.6) is 5.88 Å². The minimum Gasteiger partial charge on any atom is -0.479 e. The van der Waals surface area contributed by atoms with E-state index in [4.69, 9.17) is 10.5 Å². The lowest BCUT2D eigenvalue weighted by atomic mass is 10.2. The Morgan fingerprint density at radius 1 is 1.50 bits per heavy atom. The topological polar surface area (TPSA) is 73.1 Å². The average molecular weight is 264 g/mol. The molecule has 2 rings (SSSR count). The molecule has 18 heavy (non-hydrogen) atoms. The van der Waals surface area contributed by atoms with Crippen molar-refractivity contribution in [2.45, 2.75) is 12.8 Å². The molecule has 0 aliphatic heterocycles. The van der Waals surface area contributed by atoms with Crippen LogP contribution in [0.15, 0.2) is 23.7 Å². The zero-order chi connectivity index (χ0) is 13.0. The second-order valence-electron chi connectivity index (χ2n) is 3.95. The van der Waals surface area contributed by atoms with Gasteiger partial charge in [-0.2, -0.15) is 4.98 Å². The molecular formula is C12H16N4OS. The largest absolute Gasteiger partial charge is 0.479 e. The van der Waals surface area contributed by atoms with Gasteiger partial charge in [-0.3, -0.25) is 0 Å². The average Bonchev–Trinajstić information content (AvgIpc) is 2.91. The van der Waals surface area contributed by atoms with Gasteiger partial charge in [0.2, 0.25) is 5.88 Å². The minimum atomic E-state index is 0.343. The van der Waals surface area contributed by atoms with Crippen LogP contribution in [0.1, 0.15) is 17.8 Å². The number of pyridine rings is 1. The van der Waals surface area contributed by atoms with E-state index in [1.54, 1.807) is 24.5 Å². The fraction of sp³-hybridized carbons (Fsp3) is 0.333. The number of hydrogen-bond acceptors (Lipinski definition) is 6. The lowest BCUT2D eigenvalue weighted by molar-refractivity contribution is 0.401. The smallest absolute Gasteiger partial charge is 0.238 e. The van der Waals surface area contributed by atoms with Gasteiger partial charge in [-0.1, -0.05) is 6.92 Å². The van der Waals surface area contributed by atoms with E-state index in [1.165, 1.54) is 0 Å². The van der Waals surface area contributed by atoms with Crippen LogP contribution in [0.4, 0.5) is 11.5 Å². The second kappa shape index (κ2) is 5.68. The van der Waals surface area contributed by atoms with Crippen molar-refractivity contribution in [3.05, 3.63) is 28.7 Å². The Balaban J connectivity index is 1.98. The zero-order valence-corrected chi connectivity index (χ0v) is 11.2. The van der Waals surface area contributed by atoms with E-state index in [1.807, 2.05) is 17.6 Å². The lowest BCUT2D eigenvalue weighted by Gasteiger charge is -2.12. The molecule has 0 radical (unpaired) electrons. The zero-order valence-electron chi connectivity index (χ0n) is 10.4. The summed E-state index contributed by atoms with van der Waals surface area (Å²) >= 11 is 1.66. The fourth-order valence-electron chi connectivity index (χ4n) is 1.54. The number of rotatable bonds is 5. The molecule has 0 aliphatic rings. The number of anilines is 2. The van der Waals surface area contributed by atoms with Gasteiger partial charge in [-0.25, -0.2) is 4.98 Å². The Hall–Kier alpha value is -1.82. The molecule has 6 heteroatoms. The first-order valence-electron chi connectivity index (χ1n) is 5.64. The molecular weight excluding hydrogens is 248 g/mol. The van der Waals surface area contributed by atoms with Gasteiger partial charge in [-0.15, -0.1) is 11.3 Å². The first kappa shape index (κ1) is 12.6. The van der Waals surface area contributed by atoms with E-state index in [-0.39, 0.29) is 0 Å². The molecule has 2 aromatic heterocycles. The molecule has 2 heterocycles. The normalized spacial score (nSPS) is 12.1. The van der Waals surface area contributed by atoms with Crippen LogP contribution in [0.3, 0.4) is 0 Å². The van der Waals surface area contributed by atoms with Crippen LogP contribution in [0, 0.1) is 0 Å². The van der Waals surface area contributed by atoms with E-state index in [9.17, 15) is 0 Å². The molecule has 96 valence electrons. The van der Waals surface area contributed by atoms with Crippen molar-refractivity contribution in [3.63, 3.8) is 0 Å². The number of thiazole rings is 1. The Morgan fingerprint density at radius 3 is 3.00 bits per heavy atom. The number of hydrogen-bond donors (Lipinski definition) is 2. The number of ether oxygens (including phenoxy) is 1. The molecule has 0 amide bonds. The van der Waals surface area contributed by atoms with E-state index in [0.29, 0.717) is 17.5 Å². The van der Waals surface area contributed by atoms with Gasteiger partial charge in [0.25, 0.3) is 0 Å². The van der Waals surface area contributed by atoms with E-state index in [0.717, 1.165) is 17.4 Å². The molecule has 0 saturated heterocycles. The molecule has 5 nitrogen and oxygen atoms in total. The monoisotopic (exact) mass is 264 g/mol. The van der Waals surface area contributed by atoms with Gasteiger partial charge in [0.1, 0.15) is 5.82 Å². The summed E-state index contributed by atoms with van der Waals surface area (Å²) in [5.41, 5.74) is 6.25. The van der Waals surface area contributed by atoms with Gasteiger partial charge in [0.05, 0.1) is 17.8 Å². The summed E-state index contributed by atoms with van der Waals surface area (Å²) in [4.78, 5) is 8.56. The summed E-state index contributed by atoms with van der Waals surface area (Å²) in [5, 5.41) is 6.35. The van der Waals surface area contributed by atoms with Crippen molar-refractivity contribution >= 4 is 22.8 Å². The third-order valence-electron chi connectivity index (χ3n) is 2.55. The maximum absolute atomic E-state index is 5.71. The summed E-state index contributed by atoms with van der Waals surface area (Å²) < 4.78 is 5.08. The molecule has 2 aromatic rings. The summed E-state index contributed by atoms with van der Waals surface area (Å²) in [6.45, 7) is 2.90. The highest BCUT2D eigenvalue weighted by molar-refractivity contribution is 7.09. The van der Waals surface area contributed by atoms with Crippen molar-refractivity contribution in [2.24, 2.45) is 0 Å². The van der Waals surface area contributed by atoms with Crippen LogP contribution in [0.25, 0.3) is 0 Å². The summed E-state index contributed by atoms with van der Waals surface area (Å²) in [7, 11) is 1.56. The Morgan fingerprint density at radius 2 is 2.33 bits per heavy atom. The van der Waals surface area contributed by atoms with Crippen LogP contribution in [-0.4, -0.2) is 23.6 Å². The first-order valence-corrected chi connectivity index (χ1v) is 6.52. The number of nitrogen functional groups attached to an aromatic ring is 1. The summed E-state index contributed by atoms with van der Waals surface area (Å²) in [6.07, 6.45) is 1.82. The number of nitrogens with one attached hydrogen (secondary N) is 1. The van der Waals surface area contributed by atoms with Crippen molar-refractivity contribution in [3.8, 4) is 5.88 Å². The highest BCUT2D eigenvalue weighted by Crippen LogP contribution is 2.22. The van der Waals surface area contributed by atoms with Crippen LogP contribution < -0.4 is 15.8 Å². The molecule has 0 saturated carbocycles. The minimum absolute atomic E-state index is 0.343. The van der Waals surface area contributed by atoms with Crippen molar-refractivity contribution in [1.29, 1.82) is 0 Å². The first-order chi connectivity index (χ1) is 8.70. The molecule has 0 aliphatic carbocycles. The SMILES string of the molecule is COc1nc(NCC(C)c2nccs2)ccc1N. The molecule has 3 N–H and O–H groups in total. The van der Waals surface area contributed by atoms with Gasteiger partial charge in [0.15, 0.2) is 0 Å². The predicted molar refractivity (Wildman–Crippen MR) is 74.2 cm³/mol. The third kappa shape index (κ3) is 2.89. The maximum atomic E-state index is 5.71. The molecule has 1 atom stereocenters. The highest BCUT2D eigenvalue weighted by atomic mass is 32.1. The van der Waals surface area contributed by atoms with Crippen molar-refractivity contribution < 1.29 is 4.74 Å². The van der Waals surface area contributed by atoms with Crippen LogP contribution in [0.2, 0.25) is 0 Å². The lowest BCUT2D eigenvalue weighted by Crippen LogP contribution is -2.11. The molecule has 0 fully saturated rings. The maximum Gasteiger partial charge on any atom is 0.238 e. The highest BCUT2D eigenvalue weighted by Gasteiger charge is 2.09. The van der Waals surface area contributed by atoms with Gasteiger partial charge >= 0.3 is 0 Å². The molecule has 0 aromatic carbocycles. The molecule has 0 spiro atoms. The van der Waals surface area contributed by atoms with Crippen LogP contribution in [-0.2, 0) is 0 Å². The molecule has 0 bridgehead atoms. The Labute approximate surface area is 110 Å². The standard InChI is InChI=1S/C12H16N4OS/c1-8(12-14-5-6-18-12)7-15-10-4-3-9(13)11(16-10)17-2/h3-6,8H,7,13H2,1-2H3,(H,15,16). The predicted octanol–water partition coefficient (Wildman–Crippen LogP) is 2.34. The van der Waals surface area contributed by atoms with Crippen molar-refractivity contribution in [2.75, 3.05) is 24.7 Å². The van der Waals surface area contributed by atoms with E-state index < -0.39 is 0 Å². The second-order valence-corrected chi connectivity index (χ2v) is 4.87. The van der Waals surface area contributed by atoms with Gasteiger partial charge in [-0.05, 0) is 12.1 Å². The summed E-state index contributed by atoms with van der Waals surface area (Å²) in [6, 6.07) is 3.62. The van der Waals surface area contributed by atoms with Crippen molar-refractivity contribution in [1.82, 2.24) is 9.97 Å². The fourth-order valence-corrected chi connectivity index (χ4v) is 2.23. The van der Waals surface area contributed by atoms with E-state index >= 15 is 0 Å². The number of methoxy groups -OCH3 is 1. The number of aromatic nitrogens is 2. The third-order valence-corrected chi connectivity index (χ3v) is 3.55. The number of nitrogens with two attached hydrogens (primary N) is 1. The van der Waals surface area contributed by atoms with E-state index in [2.05, 4.69) is 22.2 Å². The Kier molecular flexibility index (Phi) is 3.99. The Bertz CT molecular complexity index is 501. The van der Waals surface area contributed by atoms with Gasteiger partial charge < -0.3 is 15.8 Å². The van der Waals surface area contributed by atoms with Crippen LogP contribution >= 0.6 is 11.3 Å². The summed E-state index contributed by atoms with van der Waals surface area (Å²) in [5.74, 6) is 1.54.